The number of aromatic nitrogens is 2. The predicted molar refractivity (Wildman–Crippen MR) is 87.8 cm³/mol. The molecule has 1 saturated heterocycles. The number of amides is 1. The smallest absolute Gasteiger partial charge is 0.225 e. The van der Waals surface area contributed by atoms with E-state index in [-0.39, 0.29) is 0 Å². The molecule has 0 N–H and O–H groups in total. The second-order valence-corrected chi connectivity index (χ2v) is 7.01. The average Bonchev–Trinajstić information content (AvgIpc) is 3.16. The number of rotatable bonds is 4. The Labute approximate surface area is 133 Å². The van der Waals surface area contributed by atoms with E-state index in [9.17, 15) is 4.79 Å². The Morgan fingerprint density at radius 2 is 2.05 bits per heavy atom. The fourth-order valence-corrected chi connectivity index (χ4v) is 4.10. The molecule has 1 aliphatic carbocycles. The van der Waals surface area contributed by atoms with Gasteiger partial charge in [0, 0.05) is 43.4 Å². The molecule has 0 bridgehead atoms. The molecule has 22 heavy (non-hydrogen) atoms. The first kappa shape index (κ1) is 15.6. The van der Waals surface area contributed by atoms with Gasteiger partial charge in [-0.3, -0.25) is 4.79 Å². The van der Waals surface area contributed by atoms with Crippen molar-refractivity contribution in [2.45, 2.75) is 71.3 Å². The van der Waals surface area contributed by atoms with Gasteiger partial charge in [-0.1, -0.05) is 26.2 Å². The lowest BCUT2D eigenvalue weighted by molar-refractivity contribution is -0.135. The minimum atomic E-state index is 0.296. The fraction of sp³-hybridized carbons (Fsp3) is 0.778. The fourth-order valence-electron chi connectivity index (χ4n) is 4.10. The summed E-state index contributed by atoms with van der Waals surface area (Å²) < 4.78 is 2.35. The number of hydrogen-bond donors (Lipinski definition) is 0. The van der Waals surface area contributed by atoms with Gasteiger partial charge in [0.05, 0.1) is 0 Å². The van der Waals surface area contributed by atoms with E-state index in [0.717, 1.165) is 45.3 Å². The van der Waals surface area contributed by atoms with E-state index in [4.69, 9.17) is 0 Å². The van der Waals surface area contributed by atoms with Gasteiger partial charge in [-0.2, -0.15) is 0 Å². The van der Waals surface area contributed by atoms with Crippen LogP contribution >= 0.6 is 0 Å². The van der Waals surface area contributed by atoms with Gasteiger partial charge in [0.15, 0.2) is 0 Å². The van der Waals surface area contributed by atoms with Gasteiger partial charge in [0.2, 0.25) is 5.91 Å². The van der Waals surface area contributed by atoms with Crippen molar-refractivity contribution in [3.63, 3.8) is 0 Å². The maximum Gasteiger partial charge on any atom is 0.225 e. The van der Waals surface area contributed by atoms with Crippen LogP contribution in [0.5, 0.6) is 0 Å². The zero-order valence-corrected chi connectivity index (χ0v) is 14.1. The molecule has 0 aromatic carbocycles. The topological polar surface area (TPSA) is 38.1 Å². The van der Waals surface area contributed by atoms with Crippen molar-refractivity contribution in [2.75, 3.05) is 13.1 Å². The maximum absolute atomic E-state index is 12.7. The Morgan fingerprint density at radius 3 is 2.77 bits per heavy atom. The van der Waals surface area contributed by atoms with E-state index >= 15 is 0 Å². The second-order valence-electron chi connectivity index (χ2n) is 7.01. The van der Waals surface area contributed by atoms with E-state index in [1.165, 1.54) is 30.8 Å². The van der Waals surface area contributed by atoms with Gasteiger partial charge >= 0.3 is 0 Å². The Bertz CT molecular complexity index is 516. The van der Waals surface area contributed by atoms with Crippen LogP contribution in [-0.4, -0.2) is 33.4 Å². The van der Waals surface area contributed by atoms with Crippen LogP contribution < -0.4 is 0 Å². The molecule has 2 heterocycles. The number of likely N-dealkylation sites (tertiary alicyclic amines) is 1. The highest BCUT2D eigenvalue weighted by atomic mass is 16.2. The molecule has 2 aliphatic rings. The summed E-state index contributed by atoms with van der Waals surface area (Å²) in [6.07, 6.45) is 10.1. The molecule has 0 spiro atoms. The summed E-state index contributed by atoms with van der Waals surface area (Å²) >= 11 is 0. The highest BCUT2D eigenvalue weighted by molar-refractivity contribution is 5.79. The molecule has 1 amide bonds. The Kier molecular flexibility index (Phi) is 4.84. The zero-order chi connectivity index (χ0) is 15.5. The zero-order valence-electron chi connectivity index (χ0n) is 14.1. The Morgan fingerprint density at radius 1 is 1.27 bits per heavy atom. The normalized spacial score (nSPS) is 23.2. The minimum absolute atomic E-state index is 0.296. The monoisotopic (exact) mass is 303 g/mol. The number of nitrogens with zero attached hydrogens (tertiary/aromatic N) is 3. The van der Waals surface area contributed by atoms with Crippen LogP contribution in [-0.2, 0) is 11.3 Å². The van der Waals surface area contributed by atoms with Crippen molar-refractivity contribution < 1.29 is 4.79 Å². The largest absolute Gasteiger partial charge is 0.342 e. The summed E-state index contributed by atoms with van der Waals surface area (Å²) in [5.41, 5.74) is 1.24. The summed E-state index contributed by atoms with van der Waals surface area (Å²) in [4.78, 5) is 19.5. The number of aryl methyl sites for hydroxylation is 1. The van der Waals surface area contributed by atoms with Crippen LogP contribution in [0.15, 0.2) is 6.20 Å². The maximum atomic E-state index is 12.7. The molecule has 1 aliphatic heterocycles. The van der Waals surface area contributed by atoms with Crippen LogP contribution in [0.1, 0.15) is 69.3 Å². The van der Waals surface area contributed by atoms with Crippen LogP contribution in [0.3, 0.4) is 0 Å². The minimum Gasteiger partial charge on any atom is -0.342 e. The SMILES string of the molecule is CCCn1c(C)cnc1C1CCN(C(=O)C2CCCCC2)C1. The first-order valence-electron chi connectivity index (χ1n) is 9.01. The van der Waals surface area contributed by atoms with Gasteiger partial charge in [0.25, 0.3) is 0 Å². The van der Waals surface area contributed by atoms with Crippen LogP contribution in [0.25, 0.3) is 0 Å². The van der Waals surface area contributed by atoms with Crippen LogP contribution in [0.2, 0.25) is 0 Å². The molecular formula is C18H29N3O. The highest BCUT2D eigenvalue weighted by Crippen LogP contribution is 2.31. The summed E-state index contributed by atoms with van der Waals surface area (Å²) in [5, 5.41) is 0. The standard InChI is InChI=1S/C18H29N3O/c1-3-10-21-14(2)12-19-17(21)16-9-11-20(13-16)18(22)15-7-5-4-6-8-15/h12,15-16H,3-11,13H2,1-2H3. The quantitative estimate of drug-likeness (QED) is 0.854. The number of imidazole rings is 1. The number of carbonyl (C=O) groups excluding carboxylic acids is 1. The molecular weight excluding hydrogens is 274 g/mol. The number of hydrogen-bond acceptors (Lipinski definition) is 2. The molecule has 1 atom stereocenters. The molecule has 4 nitrogen and oxygen atoms in total. The van der Waals surface area contributed by atoms with E-state index in [1.807, 2.05) is 6.20 Å². The molecule has 1 aromatic heterocycles. The lowest BCUT2D eigenvalue weighted by Crippen LogP contribution is -2.35. The van der Waals surface area contributed by atoms with Gasteiger partial charge < -0.3 is 9.47 Å². The Hall–Kier alpha value is -1.32. The van der Waals surface area contributed by atoms with Crippen molar-refractivity contribution in [3.05, 3.63) is 17.7 Å². The van der Waals surface area contributed by atoms with Gasteiger partial charge in [-0.05, 0) is 32.6 Å². The molecule has 3 rings (SSSR count). The van der Waals surface area contributed by atoms with Crippen molar-refractivity contribution in [1.82, 2.24) is 14.5 Å². The predicted octanol–water partition coefficient (Wildman–Crippen LogP) is 3.50. The molecule has 4 heteroatoms. The van der Waals surface area contributed by atoms with Crippen molar-refractivity contribution in [3.8, 4) is 0 Å². The first-order valence-corrected chi connectivity index (χ1v) is 9.01. The number of carbonyl (C=O) groups is 1. The second kappa shape index (κ2) is 6.84. The first-order chi connectivity index (χ1) is 10.7. The summed E-state index contributed by atoms with van der Waals surface area (Å²) in [6.45, 7) is 7.16. The van der Waals surface area contributed by atoms with E-state index in [0.29, 0.717) is 17.7 Å². The molecule has 1 saturated carbocycles. The summed E-state index contributed by atoms with van der Waals surface area (Å²) in [7, 11) is 0. The molecule has 2 fully saturated rings. The van der Waals surface area contributed by atoms with E-state index < -0.39 is 0 Å². The van der Waals surface area contributed by atoms with Crippen LogP contribution in [0.4, 0.5) is 0 Å². The lowest BCUT2D eigenvalue weighted by Gasteiger charge is -2.26. The average molecular weight is 303 g/mol. The van der Waals surface area contributed by atoms with Crippen LogP contribution in [0, 0.1) is 12.8 Å². The van der Waals surface area contributed by atoms with E-state index in [2.05, 4.69) is 28.3 Å². The molecule has 0 radical (unpaired) electrons. The molecule has 1 aromatic rings. The van der Waals surface area contributed by atoms with Gasteiger partial charge in [0.1, 0.15) is 5.82 Å². The highest BCUT2D eigenvalue weighted by Gasteiger charge is 2.33. The van der Waals surface area contributed by atoms with Crippen molar-refractivity contribution >= 4 is 5.91 Å². The third-order valence-electron chi connectivity index (χ3n) is 5.35. The third-order valence-corrected chi connectivity index (χ3v) is 5.35. The Balaban J connectivity index is 1.65. The van der Waals surface area contributed by atoms with Gasteiger partial charge in [-0.15, -0.1) is 0 Å². The molecule has 122 valence electrons. The van der Waals surface area contributed by atoms with Crippen molar-refractivity contribution in [2.24, 2.45) is 5.92 Å². The summed E-state index contributed by atoms with van der Waals surface area (Å²) in [6, 6.07) is 0. The molecule has 1 unspecified atom stereocenters. The summed E-state index contributed by atoms with van der Waals surface area (Å²) in [5.74, 6) is 2.32. The van der Waals surface area contributed by atoms with Crippen molar-refractivity contribution in [1.29, 1.82) is 0 Å². The third kappa shape index (κ3) is 3.06. The van der Waals surface area contributed by atoms with Gasteiger partial charge in [-0.25, -0.2) is 4.98 Å². The lowest BCUT2D eigenvalue weighted by atomic mass is 9.88. The van der Waals surface area contributed by atoms with E-state index in [1.54, 1.807) is 0 Å².